The molecule has 14 heteroatoms. The van der Waals surface area contributed by atoms with Crippen molar-refractivity contribution in [1.29, 1.82) is 0 Å². The fourth-order valence-electron chi connectivity index (χ4n) is 3.73. The van der Waals surface area contributed by atoms with Crippen LogP contribution in [-0.4, -0.2) is 108 Å². The first kappa shape index (κ1) is 26.9. The van der Waals surface area contributed by atoms with Crippen LogP contribution in [0.2, 0.25) is 0 Å². The van der Waals surface area contributed by atoms with Crippen molar-refractivity contribution in [3.8, 4) is 0 Å². The summed E-state index contributed by atoms with van der Waals surface area (Å²) in [5, 5.41) is 0. The van der Waals surface area contributed by atoms with Gasteiger partial charge in [-0.05, 0) is 0 Å². The second-order valence-corrected chi connectivity index (χ2v) is 8.54. The summed E-state index contributed by atoms with van der Waals surface area (Å²) in [7, 11) is 3.61. The number of carbonyl (C=O) groups is 2. The lowest BCUT2D eigenvalue weighted by Gasteiger charge is -2.34. The molecule has 0 atom stereocenters. The highest BCUT2D eigenvalue weighted by Gasteiger charge is 2.22. The molecule has 196 valence electrons. The van der Waals surface area contributed by atoms with Crippen LogP contribution >= 0.6 is 0 Å². The van der Waals surface area contributed by atoms with Crippen molar-refractivity contribution in [3.05, 3.63) is 30.0 Å². The van der Waals surface area contributed by atoms with Gasteiger partial charge in [0.1, 0.15) is 5.82 Å². The first-order valence-electron chi connectivity index (χ1n) is 11.5. The molecule has 36 heavy (non-hydrogen) atoms. The van der Waals surface area contributed by atoms with Gasteiger partial charge in [-0.1, -0.05) is 0 Å². The third-order valence-corrected chi connectivity index (χ3v) is 5.80. The number of hydrogen-bond acceptors (Lipinski definition) is 9. The summed E-state index contributed by atoms with van der Waals surface area (Å²) in [6, 6.07) is 1.94. The second kappa shape index (κ2) is 11.8. The average molecular weight is 510 g/mol. The van der Waals surface area contributed by atoms with Crippen LogP contribution in [0.1, 0.15) is 13.8 Å². The van der Waals surface area contributed by atoms with Crippen LogP contribution < -0.4 is 14.7 Å². The molecule has 0 spiro atoms. The highest BCUT2D eigenvalue weighted by Crippen LogP contribution is 2.17. The molecule has 0 aliphatic carbocycles. The van der Waals surface area contributed by atoms with E-state index in [4.69, 9.17) is 0 Å². The van der Waals surface area contributed by atoms with E-state index in [-0.39, 0.29) is 17.8 Å². The smallest absolute Gasteiger partial charge is 0.230 e. The number of amides is 2. The van der Waals surface area contributed by atoms with Crippen LogP contribution in [0.3, 0.4) is 0 Å². The van der Waals surface area contributed by atoms with Gasteiger partial charge in [-0.3, -0.25) is 9.59 Å². The van der Waals surface area contributed by atoms with E-state index in [1.54, 1.807) is 40.6 Å². The number of rotatable bonds is 3. The van der Waals surface area contributed by atoms with Crippen LogP contribution in [0, 0.1) is 17.8 Å². The first-order chi connectivity index (χ1) is 17.0. The number of anilines is 3. The van der Waals surface area contributed by atoms with E-state index < -0.39 is 17.8 Å². The minimum atomic E-state index is -0.888. The van der Waals surface area contributed by atoms with E-state index in [2.05, 4.69) is 19.9 Å². The molecule has 2 amide bonds. The summed E-state index contributed by atoms with van der Waals surface area (Å²) in [5.74, 6) is -1.30. The lowest BCUT2D eigenvalue weighted by Crippen LogP contribution is -2.48. The molecule has 11 nitrogen and oxygen atoms in total. The van der Waals surface area contributed by atoms with Gasteiger partial charge < -0.3 is 24.5 Å². The number of carbonyl (C=O) groups excluding carboxylic acids is 2. The fraction of sp³-hybridized carbons (Fsp3) is 0.545. The Kier molecular flexibility index (Phi) is 8.83. The second-order valence-electron chi connectivity index (χ2n) is 8.54. The third kappa shape index (κ3) is 7.15. The Labute approximate surface area is 207 Å². The molecule has 0 N–H and O–H groups in total. The summed E-state index contributed by atoms with van der Waals surface area (Å²) in [5.41, 5.74) is 0. The van der Waals surface area contributed by atoms with Crippen molar-refractivity contribution in [2.75, 3.05) is 81.2 Å². The zero-order valence-corrected chi connectivity index (χ0v) is 20.8. The molecule has 0 bridgehead atoms. The molecule has 4 heterocycles. The molecule has 2 fully saturated rings. The van der Waals surface area contributed by atoms with Crippen LogP contribution in [0.15, 0.2) is 12.1 Å². The minimum absolute atomic E-state index is 0.00371. The third-order valence-electron chi connectivity index (χ3n) is 5.80. The van der Waals surface area contributed by atoms with Gasteiger partial charge in [0.05, 0.1) is 0 Å². The number of hydrogen-bond donors (Lipinski definition) is 0. The number of piperazine rings is 2. The largest absolute Gasteiger partial charge is 0.362 e. The van der Waals surface area contributed by atoms with Gasteiger partial charge in [0.25, 0.3) is 0 Å². The Balaban J connectivity index is 0.000000202. The Morgan fingerprint density at radius 1 is 0.667 bits per heavy atom. The zero-order valence-electron chi connectivity index (χ0n) is 20.8. The standard InChI is InChI=1S/C12H18FN5O.C10H12F2N4O/c1-9(19)17-4-6-18(7-5-17)12-14-10(13)8-11(15-12)16(2)3;1-7(17)15-2-4-16(5-3-15)10-13-8(11)6-9(12)14-10/h8H,4-7H2,1-3H3;6H,2-5H2,1H3. The zero-order chi connectivity index (χ0) is 26.4. The number of aromatic nitrogens is 4. The summed E-state index contributed by atoms with van der Waals surface area (Å²) < 4.78 is 39.3. The number of halogens is 3. The van der Waals surface area contributed by atoms with Gasteiger partial charge in [-0.2, -0.15) is 33.1 Å². The quantitative estimate of drug-likeness (QED) is 0.556. The van der Waals surface area contributed by atoms with Crippen molar-refractivity contribution in [3.63, 3.8) is 0 Å². The van der Waals surface area contributed by atoms with Crippen molar-refractivity contribution >= 4 is 29.5 Å². The van der Waals surface area contributed by atoms with Crippen molar-refractivity contribution in [1.82, 2.24) is 29.7 Å². The molecule has 2 aromatic heterocycles. The fourth-order valence-corrected chi connectivity index (χ4v) is 3.73. The molecular weight excluding hydrogens is 479 g/mol. The molecule has 0 radical (unpaired) electrons. The Morgan fingerprint density at radius 2 is 1.03 bits per heavy atom. The molecule has 0 unspecified atom stereocenters. The van der Waals surface area contributed by atoms with E-state index in [9.17, 15) is 22.8 Å². The van der Waals surface area contributed by atoms with Crippen LogP contribution in [0.4, 0.5) is 30.9 Å². The van der Waals surface area contributed by atoms with Crippen LogP contribution in [-0.2, 0) is 9.59 Å². The summed E-state index contributed by atoms with van der Waals surface area (Å²) in [6.45, 7) is 7.50. The van der Waals surface area contributed by atoms with Crippen LogP contribution in [0.5, 0.6) is 0 Å². The van der Waals surface area contributed by atoms with Gasteiger partial charge >= 0.3 is 0 Å². The highest BCUT2D eigenvalue weighted by atomic mass is 19.1. The summed E-state index contributed by atoms with van der Waals surface area (Å²) in [4.78, 5) is 46.3. The summed E-state index contributed by atoms with van der Waals surface area (Å²) >= 11 is 0. The lowest BCUT2D eigenvalue weighted by molar-refractivity contribution is -0.129. The van der Waals surface area contributed by atoms with E-state index in [1.807, 2.05) is 4.90 Å². The van der Waals surface area contributed by atoms with E-state index in [0.717, 1.165) is 0 Å². The molecule has 0 aromatic carbocycles. The minimum Gasteiger partial charge on any atom is -0.362 e. The van der Waals surface area contributed by atoms with E-state index in [1.165, 1.54) is 13.0 Å². The molecule has 2 aromatic rings. The monoisotopic (exact) mass is 509 g/mol. The highest BCUT2D eigenvalue weighted by molar-refractivity contribution is 5.74. The molecule has 2 saturated heterocycles. The number of nitrogens with zero attached hydrogens (tertiary/aromatic N) is 9. The van der Waals surface area contributed by atoms with Gasteiger partial charge in [0, 0.05) is 92.4 Å². The Morgan fingerprint density at radius 3 is 1.39 bits per heavy atom. The molecule has 2 aliphatic heterocycles. The van der Waals surface area contributed by atoms with Crippen molar-refractivity contribution < 1.29 is 22.8 Å². The van der Waals surface area contributed by atoms with Gasteiger partial charge in [-0.15, -0.1) is 0 Å². The summed E-state index contributed by atoms with van der Waals surface area (Å²) in [6.07, 6.45) is 0. The SMILES string of the molecule is CC(=O)N1CCN(c2nc(F)cc(F)n2)CC1.CC(=O)N1CCN(c2nc(F)cc(N(C)C)n2)CC1. The maximum atomic E-state index is 13.5. The van der Waals surface area contributed by atoms with Crippen LogP contribution in [0.25, 0.3) is 0 Å². The lowest BCUT2D eigenvalue weighted by atomic mass is 10.3. The van der Waals surface area contributed by atoms with Gasteiger partial charge in [0.2, 0.25) is 41.6 Å². The Bertz CT molecular complexity index is 1050. The maximum absolute atomic E-state index is 13.5. The molecular formula is C22H30F3N9O2. The normalized spacial score (nSPS) is 15.9. The van der Waals surface area contributed by atoms with Gasteiger partial charge in [-0.25, -0.2) is 0 Å². The molecule has 0 saturated carbocycles. The molecule has 4 rings (SSSR count). The average Bonchev–Trinajstić information content (AvgIpc) is 2.83. The predicted octanol–water partition coefficient (Wildman–Crippen LogP) is 0.774. The van der Waals surface area contributed by atoms with Crippen molar-refractivity contribution in [2.45, 2.75) is 13.8 Å². The predicted molar refractivity (Wildman–Crippen MR) is 127 cm³/mol. The van der Waals surface area contributed by atoms with E-state index >= 15 is 0 Å². The molecule has 2 aliphatic rings. The Hall–Kier alpha value is -3.71. The topological polar surface area (TPSA) is 102 Å². The van der Waals surface area contributed by atoms with E-state index in [0.29, 0.717) is 70.2 Å². The van der Waals surface area contributed by atoms with Crippen molar-refractivity contribution in [2.24, 2.45) is 0 Å². The maximum Gasteiger partial charge on any atom is 0.230 e. The first-order valence-corrected chi connectivity index (χ1v) is 11.5. The van der Waals surface area contributed by atoms with Gasteiger partial charge in [0.15, 0.2) is 0 Å².